The third kappa shape index (κ3) is 4.20. The normalized spacial score (nSPS) is 15.1. The van der Waals surface area contributed by atoms with Crippen LogP contribution in [0.4, 0.5) is 25.8 Å². The second-order valence-electron chi connectivity index (χ2n) is 9.06. The summed E-state index contributed by atoms with van der Waals surface area (Å²) in [5.41, 5.74) is 3.64. The van der Waals surface area contributed by atoms with Crippen LogP contribution >= 0.6 is 0 Å². The number of fused-ring (bicyclic) bond motifs is 1. The third-order valence-electron chi connectivity index (χ3n) is 6.55. The molecule has 1 N–H and O–H groups in total. The van der Waals surface area contributed by atoms with Gasteiger partial charge in [0.15, 0.2) is 23.1 Å². The van der Waals surface area contributed by atoms with E-state index < -0.39 is 23.7 Å². The number of aromatic nitrogens is 5. The average Bonchev–Trinajstić information content (AvgIpc) is 3.49. The monoisotopic (exact) mass is 525 g/mol. The summed E-state index contributed by atoms with van der Waals surface area (Å²) in [6, 6.07) is 2.98. The van der Waals surface area contributed by atoms with Gasteiger partial charge >= 0.3 is 0 Å². The van der Waals surface area contributed by atoms with Crippen LogP contribution in [0.1, 0.15) is 24.6 Å². The van der Waals surface area contributed by atoms with E-state index in [9.17, 15) is 5.11 Å². The fourth-order valence-electron chi connectivity index (χ4n) is 4.77. The molecule has 1 aliphatic rings. The van der Waals surface area contributed by atoms with Gasteiger partial charge in [-0.05, 0) is 19.4 Å². The van der Waals surface area contributed by atoms with Crippen molar-refractivity contribution in [3.05, 3.63) is 59.8 Å². The van der Waals surface area contributed by atoms with Crippen molar-refractivity contribution in [1.29, 1.82) is 0 Å². The van der Waals surface area contributed by atoms with E-state index in [4.69, 9.17) is 9.47 Å². The third-order valence-corrected chi connectivity index (χ3v) is 6.55. The van der Waals surface area contributed by atoms with Gasteiger partial charge in [0.05, 0.1) is 49.7 Å². The minimum atomic E-state index is -1.49. The number of hydrogen-bond acceptors (Lipinski definition) is 8. The van der Waals surface area contributed by atoms with Crippen LogP contribution in [0, 0.1) is 18.6 Å². The van der Waals surface area contributed by atoms with Gasteiger partial charge in [-0.25, -0.2) is 8.78 Å². The fourth-order valence-corrected chi connectivity index (χ4v) is 4.77. The first-order chi connectivity index (χ1) is 18.3. The van der Waals surface area contributed by atoms with Gasteiger partial charge in [-0.15, -0.1) is 0 Å². The first-order valence-electron chi connectivity index (χ1n) is 12.1. The zero-order valence-electron chi connectivity index (χ0n) is 21.8. The van der Waals surface area contributed by atoms with E-state index >= 15 is 8.78 Å². The number of hydrogen-bond donors (Lipinski definition) is 1. The Morgan fingerprint density at radius 1 is 1.08 bits per heavy atom. The number of aliphatic hydroxyl groups is 1. The summed E-state index contributed by atoms with van der Waals surface area (Å²) >= 11 is 0. The largest absolute Gasteiger partial charge is 0.493 e. The highest BCUT2D eigenvalue weighted by Gasteiger charge is 2.38. The molecule has 1 unspecified atom stereocenters. The summed E-state index contributed by atoms with van der Waals surface area (Å²) in [6.45, 7) is 4.57. The van der Waals surface area contributed by atoms with E-state index in [1.165, 1.54) is 19.1 Å². The number of methoxy groups -OCH3 is 2. The van der Waals surface area contributed by atoms with E-state index in [0.29, 0.717) is 29.2 Å². The van der Waals surface area contributed by atoms with Gasteiger partial charge in [-0.2, -0.15) is 10.2 Å². The maximum atomic E-state index is 15.5. The van der Waals surface area contributed by atoms with E-state index in [0.717, 1.165) is 23.7 Å². The number of ether oxygens (including phenoxy) is 2. The number of nitrogens with zero attached hydrogens (tertiary/aromatic N) is 7. The molecular formula is C26H29F2N7O3. The van der Waals surface area contributed by atoms with Crippen molar-refractivity contribution in [2.75, 3.05) is 24.0 Å². The maximum Gasteiger partial charge on any atom is 0.212 e. The van der Waals surface area contributed by atoms with Crippen molar-refractivity contribution in [3.63, 3.8) is 0 Å². The molecule has 1 atom stereocenters. The molecule has 4 aromatic rings. The molecule has 5 rings (SSSR count). The molecule has 0 spiro atoms. The molecule has 12 heteroatoms. The zero-order valence-corrected chi connectivity index (χ0v) is 21.8. The van der Waals surface area contributed by atoms with Gasteiger partial charge in [-0.3, -0.25) is 19.2 Å². The Balaban J connectivity index is 1.69. The lowest BCUT2D eigenvalue weighted by Crippen LogP contribution is -2.50. The maximum absolute atomic E-state index is 15.5. The molecule has 10 nitrogen and oxygen atoms in total. The number of anilines is 3. The Morgan fingerprint density at radius 3 is 2.39 bits per heavy atom. The van der Waals surface area contributed by atoms with Crippen LogP contribution in [0.3, 0.4) is 0 Å². The molecule has 0 saturated heterocycles. The molecule has 200 valence electrons. The van der Waals surface area contributed by atoms with Crippen LogP contribution < -0.4 is 19.3 Å². The van der Waals surface area contributed by atoms with Gasteiger partial charge in [0.25, 0.3) is 0 Å². The highest BCUT2D eigenvalue weighted by Crippen LogP contribution is 2.44. The molecule has 0 fully saturated rings. The molecule has 0 amide bonds. The van der Waals surface area contributed by atoms with E-state index in [1.807, 2.05) is 33.2 Å². The van der Waals surface area contributed by atoms with Crippen LogP contribution in [-0.4, -0.2) is 50.2 Å². The second kappa shape index (κ2) is 9.93. The van der Waals surface area contributed by atoms with Crippen molar-refractivity contribution in [2.45, 2.75) is 39.7 Å². The van der Waals surface area contributed by atoms with Gasteiger partial charge in [0.2, 0.25) is 6.35 Å². The minimum absolute atomic E-state index is 0.0282. The fraction of sp³-hybridized carbons (Fsp3) is 0.346. The molecule has 3 aromatic heterocycles. The standard InChI is InChI=1S/C26H29F2N7O3/c1-6-7-33-13-17(11-30-33)35-20-8-19(18-14-32(3)31-15(18)2)29-10-16(20)12-34(26(35)36)25-23(27)21(37-4)9-22(38-5)24(25)28/h8-11,13-14,26,36H,6-7,12H2,1-5H3. The molecule has 4 heterocycles. The summed E-state index contributed by atoms with van der Waals surface area (Å²) in [6.07, 6.45) is 6.28. The van der Waals surface area contributed by atoms with Crippen LogP contribution in [0.2, 0.25) is 0 Å². The quantitative estimate of drug-likeness (QED) is 0.385. The summed E-state index contributed by atoms with van der Waals surface area (Å²) < 4.78 is 44.7. The number of pyridine rings is 1. The highest BCUT2D eigenvalue weighted by molar-refractivity contribution is 5.76. The van der Waals surface area contributed by atoms with Crippen LogP contribution in [0.15, 0.2) is 36.9 Å². The van der Waals surface area contributed by atoms with Gasteiger partial charge in [0.1, 0.15) is 5.69 Å². The van der Waals surface area contributed by atoms with E-state index in [-0.39, 0.29) is 18.0 Å². The number of benzene rings is 1. The van der Waals surface area contributed by atoms with E-state index in [2.05, 4.69) is 15.2 Å². The summed E-state index contributed by atoms with van der Waals surface area (Å²) in [5.74, 6) is -2.32. The first kappa shape index (κ1) is 25.5. The predicted molar refractivity (Wildman–Crippen MR) is 137 cm³/mol. The summed E-state index contributed by atoms with van der Waals surface area (Å²) in [5, 5.41) is 20.5. The predicted octanol–water partition coefficient (Wildman–Crippen LogP) is 4.13. The number of aliphatic hydroxyl groups excluding tert-OH is 1. The van der Waals surface area contributed by atoms with Crippen molar-refractivity contribution in [3.8, 4) is 22.8 Å². The lowest BCUT2D eigenvalue weighted by molar-refractivity contribution is 0.165. The molecule has 0 saturated carbocycles. The first-order valence-corrected chi connectivity index (χ1v) is 12.1. The number of rotatable bonds is 7. The van der Waals surface area contributed by atoms with Crippen molar-refractivity contribution in [1.82, 2.24) is 24.5 Å². The minimum Gasteiger partial charge on any atom is -0.493 e. The Labute approximate surface area is 218 Å². The van der Waals surface area contributed by atoms with Gasteiger partial charge in [-0.1, -0.05) is 6.92 Å². The van der Waals surface area contributed by atoms with Gasteiger partial charge < -0.3 is 19.5 Å². The van der Waals surface area contributed by atoms with Crippen molar-refractivity contribution in [2.24, 2.45) is 7.05 Å². The topological polar surface area (TPSA) is 93.7 Å². The second-order valence-corrected chi connectivity index (χ2v) is 9.06. The van der Waals surface area contributed by atoms with Crippen LogP contribution in [-0.2, 0) is 20.1 Å². The lowest BCUT2D eigenvalue weighted by atomic mass is 10.1. The lowest BCUT2D eigenvalue weighted by Gasteiger charge is -2.43. The van der Waals surface area contributed by atoms with Crippen LogP contribution in [0.25, 0.3) is 11.3 Å². The average molecular weight is 526 g/mol. The molecular weight excluding hydrogens is 496 g/mol. The number of halogens is 2. The Kier molecular flexibility index (Phi) is 6.66. The highest BCUT2D eigenvalue weighted by atomic mass is 19.1. The van der Waals surface area contributed by atoms with Gasteiger partial charge in [0, 0.05) is 49.4 Å². The molecule has 1 aliphatic heterocycles. The van der Waals surface area contributed by atoms with Crippen LogP contribution in [0.5, 0.6) is 11.5 Å². The molecule has 1 aromatic carbocycles. The Bertz CT molecular complexity index is 1460. The Morgan fingerprint density at radius 2 is 1.79 bits per heavy atom. The Hall–Kier alpha value is -4.19. The summed E-state index contributed by atoms with van der Waals surface area (Å²) in [7, 11) is 4.39. The van der Waals surface area contributed by atoms with Crippen molar-refractivity contribution < 1.29 is 23.4 Å². The smallest absolute Gasteiger partial charge is 0.212 e. The van der Waals surface area contributed by atoms with E-state index in [1.54, 1.807) is 32.9 Å². The SMILES string of the molecule is CCCn1cc(N2c3cc(-c4cn(C)nc4C)ncc3CN(c3c(F)c(OC)cc(OC)c3F)C2O)cn1. The molecule has 0 radical (unpaired) electrons. The molecule has 0 bridgehead atoms. The summed E-state index contributed by atoms with van der Waals surface area (Å²) in [4.78, 5) is 7.42. The number of aryl methyl sites for hydroxylation is 3. The van der Waals surface area contributed by atoms with Crippen molar-refractivity contribution >= 4 is 17.1 Å². The molecule has 38 heavy (non-hydrogen) atoms. The molecule has 0 aliphatic carbocycles. The zero-order chi connectivity index (χ0) is 27.1.